The fraction of sp³-hybridized carbons (Fsp3) is 1.00. The Bertz CT molecular complexity index is 145. The van der Waals surface area contributed by atoms with Crippen LogP contribution in [0.25, 0.3) is 0 Å². The summed E-state index contributed by atoms with van der Waals surface area (Å²) >= 11 is 2.02. The summed E-state index contributed by atoms with van der Waals surface area (Å²) in [5.74, 6) is 3.24. The number of hydrogen-bond acceptors (Lipinski definition) is 3. The maximum absolute atomic E-state index is 6.01. The molecular formula is C9H18N2S. The SMILES string of the molecule is NC1CSCC1CN1CCCC1. The molecule has 0 saturated carbocycles. The van der Waals surface area contributed by atoms with Gasteiger partial charge in [0.15, 0.2) is 0 Å². The Morgan fingerprint density at radius 2 is 2.00 bits per heavy atom. The number of thioether (sulfide) groups is 1. The lowest BCUT2D eigenvalue weighted by atomic mass is 10.0. The van der Waals surface area contributed by atoms with Crippen LogP contribution < -0.4 is 5.73 Å². The Morgan fingerprint density at radius 1 is 1.25 bits per heavy atom. The molecule has 2 atom stereocenters. The highest BCUT2D eigenvalue weighted by atomic mass is 32.2. The normalized spacial score (nSPS) is 37.8. The largest absolute Gasteiger partial charge is 0.327 e. The van der Waals surface area contributed by atoms with Crippen LogP contribution >= 0.6 is 11.8 Å². The highest BCUT2D eigenvalue weighted by Gasteiger charge is 2.27. The van der Waals surface area contributed by atoms with Gasteiger partial charge in [-0.2, -0.15) is 11.8 Å². The Kier molecular flexibility index (Phi) is 2.94. The van der Waals surface area contributed by atoms with Crippen molar-refractivity contribution in [3.05, 3.63) is 0 Å². The molecule has 0 aromatic rings. The van der Waals surface area contributed by atoms with Crippen LogP contribution in [0.15, 0.2) is 0 Å². The van der Waals surface area contributed by atoms with Crippen LogP contribution in [0.1, 0.15) is 12.8 Å². The third-order valence-corrected chi connectivity index (χ3v) is 4.22. The van der Waals surface area contributed by atoms with Crippen LogP contribution in [0, 0.1) is 5.92 Å². The number of likely N-dealkylation sites (tertiary alicyclic amines) is 1. The van der Waals surface area contributed by atoms with Gasteiger partial charge in [0.25, 0.3) is 0 Å². The van der Waals surface area contributed by atoms with Crippen LogP contribution in [0.2, 0.25) is 0 Å². The molecule has 2 aliphatic rings. The van der Waals surface area contributed by atoms with Gasteiger partial charge in [-0.1, -0.05) is 0 Å². The second kappa shape index (κ2) is 3.99. The summed E-state index contributed by atoms with van der Waals surface area (Å²) in [7, 11) is 0. The molecule has 0 aromatic heterocycles. The number of hydrogen-bond donors (Lipinski definition) is 1. The summed E-state index contributed by atoms with van der Waals surface area (Å²) in [6.45, 7) is 3.88. The summed E-state index contributed by atoms with van der Waals surface area (Å²) in [5, 5.41) is 0. The van der Waals surface area contributed by atoms with Crippen LogP contribution in [-0.2, 0) is 0 Å². The number of nitrogens with zero attached hydrogens (tertiary/aromatic N) is 1. The van der Waals surface area contributed by atoms with Crippen molar-refractivity contribution in [1.29, 1.82) is 0 Å². The van der Waals surface area contributed by atoms with E-state index in [0.717, 1.165) is 5.92 Å². The Hall–Kier alpha value is 0.270. The minimum absolute atomic E-state index is 0.468. The average Bonchev–Trinajstić information content (AvgIpc) is 2.65. The predicted molar refractivity (Wildman–Crippen MR) is 54.5 cm³/mol. The predicted octanol–water partition coefficient (Wildman–Crippen LogP) is 0.772. The first-order chi connectivity index (χ1) is 5.86. The molecule has 0 aromatic carbocycles. The van der Waals surface area contributed by atoms with Gasteiger partial charge in [-0.25, -0.2) is 0 Å². The lowest BCUT2D eigenvalue weighted by molar-refractivity contribution is 0.279. The van der Waals surface area contributed by atoms with Crippen LogP contribution in [0.5, 0.6) is 0 Å². The third-order valence-electron chi connectivity index (χ3n) is 2.94. The van der Waals surface area contributed by atoms with Crippen LogP contribution in [0.4, 0.5) is 0 Å². The van der Waals surface area contributed by atoms with Crippen molar-refractivity contribution in [1.82, 2.24) is 4.90 Å². The van der Waals surface area contributed by atoms with Crippen molar-refractivity contribution in [2.75, 3.05) is 31.1 Å². The topological polar surface area (TPSA) is 29.3 Å². The average molecular weight is 186 g/mol. The van der Waals surface area contributed by atoms with E-state index in [9.17, 15) is 0 Å². The monoisotopic (exact) mass is 186 g/mol. The van der Waals surface area contributed by atoms with Crippen molar-refractivity contribution in [3.63, 3.8) is 0 Å². The van der Waals surface area contributed by atoms with Crippen molar-refractivity contribution in [2.45, 2.75) is 18.9 Å². The molecule has 2 fully saturated rings. The third kappa shape index (κ3) is 1.95. The molecule has 0 spiro atoms. The molecule has 2 unspecified atom stereocenters. The van der Waals surface area contributed by atoms with Gasteiger partial charge in [0, 0.05) is 18.3 Å². The maximum Gasteiger partial charge on any atom is 0.0179 e. The van der Waals surface area contributed by atoms with E-state index in [4.69, 9.17) is 5.73 Å². The highest BCUT2D eigenvalue weighted by molar-refractivity contribution is 7.99. The zero-order chi connectivity index (χ0) is 8.39. The lowest BCUT2D eigenvalue weighted by Crippen LogP contribution is -2.37. The van der Waals surface area contributed by atoms with Crippen LogP contribution in [0.3, 0.4) is 0 Å². The number of nitrogens with two attached hydrogens (primary N) is 1. The first-order valence-electron chi connectivity index (χ1n) is 4.92. The molecule has 0 aliphatic carbocycles. The quantitative estimate of drug-likeness (QED) is 0.691. The molecule has 12 heavy (non-hydrogen) atoms. The second-order valence-corrected chi connectivity index (χ2v) is 5.04. The molecule has 0 radical (unpaired) electrons. The summed E-state index contributed by atoms with van der Waals surface area (Å²) in [4.78, 5) is 2.58. The highest BCUT2D eigenvalue weighted by Crippen LogP contribution is 2.24. The van der Waals surface area contributed by atoms with Gasteiger partial charge in [-0.3, -0.25) is 0 Å². The summed E-state index contributed by atoms with van der Waals surface area (Å²) in [5.41, 5.74) is 6.01. The van der Waals surface area contributed by atoms with E-state index >= 15 is 0 Å². The summed E-state index contributed by atoms with van der Waals surface area (Å²) in [6.07, 6.45) is 2.80. The van der Waals surface area contributed by atoms with E-state index in [1.54, 1.807) is 0 Å². The molecule has 3 heteroatoms. The first kappa shape index (κ1) is 8.85. The van der Waals surface area contributed by atoms with Crippen molar-refractivity contribution in [2.24, 2.45) is 11.7 Å². The van der Waals surface area contributed by atoms with E-state index in [1.165, 1.54) is 44.0 Å². The number of rotatable bonds is 2. The standard InChI is InChI=1S/C9H18N2S/c10-9-7-12-6-8(9)5-11-3-1-2-4-11/h8-9H,1-7,10H2. The first-order valence-corrected chi connectivity index (χ1v) is 6.07. The van der Waals surface area contributed by atoms with Crippen LogP contribution in [-0.4, -0.2) is 42.1 Å². The van der Waals surface area contributed by atoms with Crippen molar-refractivity contribution >= 4 is 11.8 Å². The van der Waals surface area contributed by atoms with E-state index in [2.05, 4.69) is 4.90 Å². The second-order valence-electron chi connectivity index (χ2n) is 3.97. The van der Waals surface area contributed by atoms with E-state index in [0.29, 0.717) is 6.04 Å². The van der Waals surface area contributed by atoms with Gasteiger partial charge in [0.1, 0.15) is 0 Å². The van der Waals surface area contributed by atoms with E-state index in [-0.39, 0.29) is 0 Å². The minimum atomic E-state index is 0.468. The fourth-order valence-corrected chi connectivity index (χ4v) is 3.44. The van der Waals surface area contributed by atoms with E-state index < -0.39 is 0 Å². The molecular weight excluding hydrogens is 168 g/mol. The minimum Gasteiger partial charge on any atom is -0.327 e. The molecule has 0 amide bonds. The van der Waals surface area contributed by atoms with Gasteiger partial charge >= 0.3 is 0 Å². The van der Waals surface area contributed by atoms with Crippen molar-refractivity contribution < 1.29 is 0 Å². The lowest BCUT2D eigenvalue weighted by Gasteiger charge is -2.21. The summed E-state index contributed by atoms with van der Waals surface area (Å²) in [6, 6.07) is 0.468. The fourth-order valence-electron chi connectivity index (χ4n) is 2.10. The van der Waals surface area contributed by atoms with Crippen molar-refractivity contribution in [3.8, 4) is 0 Å². The molecule has 2 aliphatic heterocycles. The van der Waals surface area contributed by atoms with Gasteiger partial charge in [-0.15, -0.1) is 0 Å². The van der Waals surface area contributed by atoms with Gasteiger partial charge in [0.2, 0.25) is 0 Å². The molecule has 2 nitrogen and oxygen atoms in total. The maximum atomic E-state index is 6.01. The molecule has 0 bridgehead atoms. The molecule has 70 valence electrons. The Morgan fingerprint density at radius 3 is 2.58 bits per heavy atom. The summed E-state index contributed by atoms with van der Waals surface area (Å²) < 4.78 is 0. The molecule has 2 rings (SSSR count). The van der Waals surface area contributed by atoms with E-state index in [1.807, 2.05) is 11.8 Å². The van der Waals surface area contributed by atoms with Gasteiger partial charge in [-0.05, 0) is 37.6 Å². The molecule has 2 saturated heterocycles. The zero-order valence-corrected chi connectivity index (χ0v) is 8.35. The molecule has 2 heterocycles. The smallest absolute Gasteiger partial charge is 0.0179 e. The Balaban J connectivity index is 1.77. The van der Waals surface area contributed by atoms with Gasteiger partial charge < -0.3 is 10.6 Å². The molecule has 2 N–H and O–H groups in total. The zero-order valence-electron chi connectivity index (χ0n) is 7.54. The van der Waals surface area contributed by atoms with Gasteiger partial charge in [0.05, 0.1) is 0 Å². The Labute approximate surface area is 78.9 Å².